The summed E-state index contributed by atoms with van der Waals surface area (Å²) in [5.74, 6) is 0.479. The van der Waals surface area contributed by atoms with E-state index in [-0.39, 0.29) is 18.7 Å². The minimum Gasteiger partial charge on any atom is -0.467 e. The first-order valence-corrected chi connectivity index (χ1v) is 8.45. The van der Waals surface area contributed by atoms with Gasteiger partial charge in [0, 0.05) is 6.54 Å². The second-order valence-corrected chi connectivity index (χ2v) is 6.70. The summed E-state index contributed by atoms with van der Waals surface area (Å²) in [5, 5.41) is 9.79. The van der Waals surface area contributed by atoms with Gasteiger partial charge in [0.1, 0.15) is 11.9 Å². The van der Waals surface area contributed by atoms with Crippen LogP contribution in [0.3, 0.4) is 0 Å². The highest BCUT2D eigenvalue weighted by atomic mass is 32.2. The summed E-state index contributed by atoms with van der Waals surface area (Å²) in [6.07, 6.45) is 1.43. The normalized spacial score (nSPS) is 13.2. The molecular formula is C15H19NO4S. The largest absolute Gasteiger partial charge is 0.467 e. The molecule has 0 saturated carbocycles. The minimum atomic E-state index is -3.34. The van der Waals surface area contributed by atoms with Gasteiger partial charge in [-0.25, -0.2) is 13.1 Å². The van der Waals surface area contributed by atoms with E-state index in [1.165, 1.54) is 6.26 Å². The Morgan fingerprint density at radius 3 is 2.57 bits per heavy atom. The molecular weight excluding hydrogens is 290 g/mol. The van der Waals surface area contributed by atoms with Gasteiger partial charge in [-0.15, -0.1) is 0 Å². The zero-order valence-corrected chi connectivity index (χ0v) is 12.4. The third-order valence-electron chi connectivity index (χ3n) is 3.11. The van der Waals surface area contributed by atoms with Crippen molar-refractivity contribution >= 4 is 10.0 Å². The van der Waals surface area contributed by atoms with Crippen molar-refractivity contribution in [2.75, 3.05) is 12.3 Å². The van der Waals surface area contributed by atoms with Crippen molar-refractivity contribution in [2.45, 2.75) is 18.9 Å². The maximum absolute atomic E-state index is 11.9. The average Bonchev–Trinajstić information content (AvgIpc) is 3.00. The molecule has 2 aromatic rings. The molecule has 0 spiro atoms. The van der Waals surface area contributed by atoms with E-state index >= 15 is 0 Å². The van der Waals surface area contributed by atoms with Gasteiger partial charge >= 0.3 is 0 Å². The molecule has 0 bridgehead atoms. The lowest BCUT2D eigenvalue weighted by Crippen LogP contribution is -2.29. The number of aryl methyl sites for hydroxylation is 1. The number of hydrogen-bond donors (Lipinski definition) is 2. The topological polar surface area (TPSA) is 79.5 Å². The minimum absolute atomic E-state index is 0.0356. The second kappa shape index (κ2) is 7.40. The number of furan rings is 1. The first-order valence-electron chi connectivity index (χ1n) is 6.79. The summed E-state index contributed by atoms with van der Waals surface area (Å²) in [7, 11) is -3.34. The van der Waals surface area contributed by atoms with E-state index in [1.54, 1.807) is 12.1 Å². The number of rotatable bonds is 8. The molecule has 1 atom stereocenters. The Labute approximate surface area is 124 Å². The predicted octanol–water partition coefficient (Wildman–Crippen LogP) is 1.87. The molecule has 0 aliphatic rings. The van der Waals surface area contributed by atoms with Crippen molar-refractivity contribution in [2.24, 2.45) is 0 Å². The maximum atomic E-state index is 11.9. The average molecular weight is 309 g/mol. The van der Waals surface area contributed by atoms with Crippen LogP contribution in [0.4, 0.5) is 0 Å². The van der Waals surface area contributed by atoms with Crippen LogP contribution in [0.15, 0.2) is 53.1 Å². The van der Waals surface area contributed by atoms with Gasteiger partial charge in [-0.1, -0.05) is 30.3 Å². The first-order chi connectivity index (χ1) is 10.1. The van der Waals surface area contributed by atoms with Crippen LogP contribution in [0.1, 0.15) is 23.8 Å². The Bertz CT molecular complexity index is 623. The fourth-order valence-corrected chi connectivity index (χ4v) is 3.02. The van der Waals surface area contributed by atoms with Gasteiger partial charge in [0.15, 0.2) is 0 Å². The summed E-state index contributed by atoms with van der Waals surface area (Å²) >= 11 is 0. The van der Waals surface area contributed by atoms with Crippen molar-refractivity contribution in [3.05, 3.63) is 60.1 Å². The summed E-state index contributed by atoms with van der Waals surface area (Å²) in [6, 6.07) is 12.8. The fourth-order valence-electron chi connectivity index (χ4n) is 1.94. The van der Waals surface area contributed by atoms with Crippen LogP contribution in [-0.4, -0.2) is 25.8 Å². The highest BCUT2D eigenvalue weighted by Crippen LogP contribution is 2.15. The van der Waals surface area contributed by atoms with Crippen LogP contribution in [0.5, 0.6) is 0 Å². The van der Waals surface area contributed by atoms with Crippen LogP contribution in [-0.2, 0) is 16.4 Å². The second-order valence-electron chi connectivity index (χ2n) is 4.77. The molecule has 1 aromatic carbocycles. The van der Waals surface area contributed by atoms with Gasteiger partial charge in [-0.05, 0) is 30.5 Å². The highest BCUT2D eigenvalue weighted by Gasteiger charge is 2.13. The van der Waals surface area contributed by atoms with E-state index in [0.29, 0.717) is 12.2 Å². The predicted molar refractivity (Wildman–Crippen MR) is 80.2 cm³/mol. The van der Waals surface area contributed by atoms with E-state index in [4.69, 9.17) is 4.42 Å². The molecule has 21 heavy (non-hydrogen) atoms. The molecule has 6 heteroatoms. The molecule has 2 N–H and O–H groups in total. The van der Waals surface area contributed by atoms with Crippen molar-refractivity contribution in [3.63, 3.8) is 0 Å². The fraction of sp³-hybridized carbons (Fsp3) is 0.333. The molecule has 114 valence electrons. The zero-order chi connectivity index (χ0) is 15.1. The molecule has 0 saturated heterocycles. The zero-order valence-electron chi connectivity index (χ0n) is 11.6. The Balaban J connectivity index is 1.74. The lowest BCUT2D eigenvalue weighted by atomic mass is 10.2. The van der Waals surface area contributed by atoms with Crippen LogP contribution < -0.4 is 4.72 Å². The van der Waals surface area contributed by atoms with E-state index in [2.05, 4.69) is 4.72 Å². The van der Waals surface area contributed by atoms with Crippen molar-refractivity contribution < 1.29 is 17.9 Å². The molecule has 5 nitrogen and oxygen atoms in total. The smallest absolute Gasteiger partial charge is 0.211 e. The molecule has 1 unspecified atom stereocenters. The lowest BCUT2D eigenvalue weighted by Gasteiger charge is -2.09. The maximum Gasteiger partial charge on any atom is 0.211 e. The number of aliphatic hydroxyl groups is 1. The van der Waals surface area contributed by atoms with Crippen LogP contribution in [0, 0.1) is 0 Å². The van der Waals surface area contributed by atoms with E-state index in [9.17, 15) is 13.5 Å². The van der Waals surface area contributed by atoms with Crippen LogP contribution in [0.25, 0.3) is 0 Å². The van der Waals surface area contributed by atoms with Gasteiger partial charge in [0.05, 0.1) is 12.0 Å². The highest BCUT2D eigenvalue weighted by molar-refractivity contribution is 7.89. The van der Waals surface area contributed by atoms with Gasteiger partial charge in [-0.2, -0.15) is 0 Å². The molecule has 2 rings (SSSR count). The lowest BCUT2D eigenvalue weighted by molar-refractivity contribution is 0.142. The number of hydrogen-bond acceptors (Lipinski definition) is 4. The molecule has 0 aliphatic carbocycles. The van der Waals surface area contributed by atoms with Crippen molar-refractivity contribution in [1.82, 2.24) is 4.72 Å². The molecule has 1 aromatic heterocycles. The number of aliphatic hydroxyl groups excluding tert-OH is 1. The SMILES string of the molecule is O=S(=O)(CCc1ccccc1)NCCC(O)c1ccco1. The van der Waals surface area contributed by atoms with Crippen LogP contribution in [0.2, 0.25) is 0 Å². The summed E-state index contributed by atoms with van der Waals surface area (Å²) in [4.78, 5) is 0. The molecule has 1 heterocycles. The van der Waals surface area contributed by atoms with Gasteiger partial charge in [-0.3, -0.25) is 0 Å². The summed E-state index contributed by atoms with van der Waals surface area (Å²) < 4.78 is 31.3. The van der Waals surface area contributed by atoms with E-state index in [0.717, 1.165) is 5.56 Å². The van der Waals surface area contributed by atoms with Gasteiger partial charge in [0.2, 0.25) is 10.0 Å². The summed E-state index contributed by atoms with van der Waals surface area (Å²) in [5.41, 5.74) is 0.985. The van der Waals surface area contributed by atoms with E-state index < -0.39 is 16.1 Å². The summed E-state index contributed by atoms with van der Waals surface area (Å²) in [6.45, 7) is 0.180. The van der Waals surface area contributed by atoms with Crippen LogP contribution >= 0.6 is 0 Å². The van der Waals surface area contributed by atoms with Crippen molar-refractivity contribution in [1.29, 1.82) is 0 Å². The molecule has 0 aliphatic heterocycles. The first kappa shape index (κ1) is 15.8. The van der Waals surface area contributed by atoms with Crippen molar-refractivity contribution in [3.8, 4) is 0 Å². The quantitative estimate of drug-likeness (QED) is 0.780. The third kappa shape index (κ3) is 5.34. The Kier molecular flexibility index (Phi) is 5.55. The number of nitrogens with one attached hydrogen (secondary N) is 1. The van der Waals surface area contributed by atoms with E-state index in [1.807, 2.05) is 30.3 Å². The molecule has 0 radical (unpaired) electrons. The standard InChI is InChI=1S/C15H19NO4S/c17-14(15-7-4-11-20-15)8-10-16-21(18,19)12-9-13-5-2-1-3-6-13/h1-7,11,14,16-17H,8-10,12H2. The van der Waals surface area contributed by atoms with Gasteiger partial charge in [0.25, 0.3) is 0 Å². The Morgan fingerprint density at radius 2 is 1.90 bits per heavy atom. The Morgan fingerprint density at radius 1 is 1.14 bits per heavy atom. The molecule has 0 fully saturated rings. The monoisotopic (exact) mass is 309 g/mol. The Hall–Kier alpha value is -1.63. The number of benzene rings is 1. The number of sulfonamides is 1. The third-order valence-corrected chi connectivity index (χ3v) is 4.50. The molecule has 0 amide bonds. The van der Waals surface area contributed by atoms with Gasteiger partial charge < -0.3 is 9.52 Å².